The quantitative estimate of drug-likeness (QED) is 0.392. The topological polar surface area (TPSA) is 37.3 Å². The summed E-state index contributed by atoms with van der Waals surface area (Å²) >= 11 is 0.389. The summed E-state index contributed by atoms with van der Waals surface area (Å²) in [5.41, 5.74) is 0. The van der Waals surface area contributed by atoms with Gasteiger partial charge in [0.05, 0.1) is 0 Å². The minimum absolute atomic E-state index is 0.250. The van der Waals surface area contributed by atoms with Crippen molar-refractivity contribution in [1.29, 1.82) is 0 Å². The van der Waals surface area contributed by atoms with Gasteiger partial charge in [-0.1, -0.05) is 39.5 Å². The molecule has 0 aliphatic rings. The van der Waals surface area contributed by atoms with Crippen LogP contribution in [0, 0.1) is 0 Å². The summed E-state index contributed by atoms with van der Waals surface area (Å²) in [7, 11) is 0. The third kappa shape index (κ3) is 22.5. The van der Waals surface area contributed by atoms with E-state index in [1.165, 1.54) is 25.7 Å². The van der Waals surface area contributed by atoms with Gasteiger partial charge in [-0.25, -0.2) is 0 Å². The Labute approximate surface area is 85.5 Å². The summed E-state index contributed by atoms with van der Waals surface area (Å²) in [6.45, 7) is 4.32. The molecule has 0 spiro atoms. The molecule has 0 aromatic rings. The third-order valence-electron chi connectivity index (χ3n) is 1.71. The van der Waals surface area contributed by atoms with Crippen LogP contribution in [0.1, 0.15) is 39.5 Å². The van der Waals surface area contributed by atoms with Gasteiger partial charge >= 0.3 is 20.4 Å². The Balaban J connectivity index is 0. The summed E-state index contributed by atoms with van der Waals surface area (Å²) in [6, 6.07) is 0. The number of hydrogen-bond acceptors (Lipinski definition) is 1. The highest BCUT2D eigenvalue weighted by molar-refractivity contribution is 6.35. The van der Waals surface area contributed by atoms with E-state index in [2.05, 4.69) is 13.8 Å². The predicted octanol–water partition coefficient (Wildman–Crippen LogP) is 2.83. The zero-order chi connectivity index (χ0) is 9.66. The largest absolute Gasteiger partial charge is 0.483 e. The maximum absolute atomic E-state index is 8.36. The van der Waals surface area contributed by atoms with Gasteiger partial charge in [-0.3, -0.25) is 4.79 Å². The summed E-state index contributed by atoms with van der Waals surface area (Å²) in [6.07, 6.45) is 5.80. The first-order valence-corrected chi connectivity index (χ1v) is 6.91. The Morgan fingerprint density at radius 2 is 1.50 bits per heavy atom. The number of hydrogen-bond donors (Lipinski definition) is 1. The summed E-state index contributed by atoms with van der Waals surface area (Å²) in [4.78, 5) is 8.36. The van der Waals surface area contributed by atoms with Gasteiger partial charge in [-0.05, 0) is 0 Å². The minimum Gasteiger partial charge on any atom is -0.483 e. The fraction of sp³-hybridized carbons (Fsp3) is 0.889. The minimum atomic E-state index is -0.250. The summed E-state index contributed by atoms with van der Waals surface area (Å²) in [5.74, 6) is 0. The van der Waals surface area contributed by atoms with Gasteiger partial charge < -0.3 is 5.11 Å². The highest BCUT2D eigenvalue weighted by Crippen LogP contribution is 1.99. The molecule has 0 atom stereocenters. The maximum atomic E-state index is 8.36. The number of rotatable bonds is 6. The monoisotopic (exact) mass is 184 g/mol. The van der Waals surface area contributed by atoms with Gasteiger partial charge in [-0.2, -0.15) is 0 Å². The van der Waals surface area contributed by atoms with Crippen LogP contribution in [0.2, 0.25) is 9.10 Å². The summed E-state index contributed by atoms with van der Waals surface area (Å²) in [5, 5.41) is 6.89. The van der Waals surface area contributed by atoms with Crippen LogP contribution in [-0.4, -0.2) is 31.9 Å². The molecular weight excluding hydrogens is 164 g/mol. The van der Waals surface area contributed by atoms with Crippen molar-refractivity contribution in [2.45, 2.75) is 48.6 Å². The standard InChI is InChI=1S/2C4H9.CH2O2.Mg/c2*1-3-4-2;2-1-3;/h2*1,3-4H2,2H3;1H,(H,2,3);. The lowest BCUT2D eigenvalue weighted by Crippen LogP contribution is -1.87. The van der Waals surface area contributed by atoms with Gasteiger partial charge in [0.2, 0.25) is 0 Å². The molecule has 70 valence electrons. The van der Waals surface area contributed by atoms with Crippen molar-refractivity contribution in [1.82, 2.24) is 0 Å². The van der Waals surface area contributed by atoms with Crippen molar-refractivity contribution >= 4 is 26.8 Å². The molecule has 0 radical (unpaired) electrons. The van der Waals surface area contributed by atoms with Crippen molar-refractivity contribution in [2.24, 2.45) is 0 Å². The second kappa shape index (κ2) is 17.4. The smallest absolute Gasteiger partial charge is 0.364 e. The first-order valence-electron chi connectivity index (χ1n) is 4.91. The molecule has 0 aliphatic carbocycles. The average Bonchev–Trinajstić information content (AvgIpc) is 2.06. The van der Waals surface area contributed by atoms with Crippen molar-refractivity contribution in [3.63, 3.8) is 0 Å². The molecule has 0 amide bonds. The first-order chi connectivity index (χ1) is 5.83. The number of unbranched alkanes of at least 4 members (excludes halogenated alkanes) is 2. The Morgan fingerprint density at radius 3 is 1.75 bits per heavy atom. The zero-order valence-corrected chi connectivity index (χ0v) is 9.80. The van der Waals surface area contributed by atoms with Crippen LogP contribution >= 0.6 is 0 Å². The molecule has 0 saturated carbocycles. The lowest BCUT2D eigenvalue weighted by molar-refractivity contribution is -0.122. The fourth-order valence-electron chi connectivity index (χ4n) is 1.03. The van der Waals surface area contributed by atoms with E-state index in [4.69, 9.17) is 9.90 Å². The van der Waals surface area contributed by atoms with E-state index >= 15 is 0 Å². The Bertz CT molecular complexity index is 70.9. The molecule has 0 saturated heterocycles. The van der Waals surface area contributed by atoms with E-state index in [9.17, 15) is 0 Å². The van der Waals surface area contributed by atoms with Crippen LogP contribution in [0.4, 0.5) is 0 Å². The molecule has 0 aliphatic heterocycles. The van der Waals surface area contributed by atoms with Crippen molar-refractivity contribution in [2.75, 3.05) is 0 Å². The summed E-state index contributed by atoms with van der Waals surface area (Å²) < 4.78 is 3.19. The van der Waals surface area contributed by atoms with Crippen LogP contribution in [0.5, 0.6) is 0 Å². The highest BCUT2D eigenvalue weighted by Gasteiger charge is 1.92. The van der Waals surface area contributed by atoms with E-state index in [0.717, 1.165) is 0 Å². The normalized spacial score (nSPS) is 7.83. The fourth-order valence-corrected chi connectivity index (χ4v) is 3.09. The van der Waals surface area contributed by atoms with Crippen molar-refractivity contribution in [3.8, 4) is 0 Å². The number of carbonyl (C=O) groups is 1. The zero-order valence-electron chi connectivity index (χ0n) is 8.38. The van der Waals surface area contributed by atoms with E-state index in [-0.39, 0.29) is 6.47 Å². The first kappa shape index (κ1) is 14.7. The van der Waals surface area contributed by atoms with Gasteiger partial charge in [0.15, 0.2) is 0 Å². The van der Waals surface area contributed by atoms with E-state index in [1.807, 2.05) is 0 Å². The average molecular weight is 185 g/mol. The maximum Gasteiger partial charge on any atom is 0.364 e. The van der Waals surface area contributed by atoms with Crippen LogP contribution in [0.3, 0.4) is 0 Å². The Hall–Kier alpha value is 0.236. The number of carboxylic acid groups (broad SMARTS) is 1. The van der Waals surface area contributed by atoms with Crippen LogP contribution in [-0.2, 0) is 4.79 Å². The second-order valence-corrected chi connectivity index (χ2v) is 4.99. The third-order valence-corrected chi connectivity index (χ3v) is 3.71. The van der Waals surface area contributed by atoms with Gasteiger partial charge in [0.25, 0.3) is 6.47 Å². The molecule has 0 aromatic carbocycles. The van der Waals surface area contributed by atoms with Gasteiger partial charge in [0, 0.05) is 0 Å². The lowest BCUT2D eigenvalue weighted by Gasteiger charge is -1.93. The molecule has 0 heterocycles. The molecule has 0 fully saturated rings. The lowest BCUT2D eigenvalue weighted by atomic mass is 10.4. The second-order valence-electron chi connectivity index (χ2n) is 2.87. The van der Waals surface area contributed by atoms with Crippen LogP contribution in [0.15, 0.2) is 0 Å². The molecule has 0 unspecified atom stereocenters. The van der Waals surface area contributed by atoms with E-state index in [1.54, 1.807) is 9.10 Å². The van der Waals surface area contributed by atoms with Crippen molar-refractivity contribution < 1.29 is 9.90 Å². The Morgan fingerprint density at radius 1 is 1.17 bits per heavy atom. The van der Waals surface area contributed by atoms with Gasteiger partial charge in [0.1, 0.15) is 0 Å². The highest BCUT2D eigenvalue weighted by atomic mass is 24.5. The molecule has 0 bridgehead atoms. The Kier molecular flexibility index (Phi) is 21.3. The molecule has 0 rings (SSSR count). The molecule has 3 heteroatoms. The van der Waals surface area contributed by atoms with Crippen LogP contribution < -0.4 is 0 Å². The van der Waals surface area contributed by atoms with Crippen molar-refractivity contribution in [3.05, 3.63) is 0 Å². The SMILES string of the molecule is CCC[CH2][Mg][CH2]CCC.O=CO. The molecular formula is C9H20MgO2. The van der Waals surface area contributed by atoms with Crippen LogP contribution in [0.25, 0.3) is 0 Å². The molecule has 0 aromatic heterocycles. The molecule has 1 N–H and O–H groups in total. The van der Waals surface area contributed by atoms with E-state index < -0.39 is 0 Å². The molecule has 12 heavy (non-hydrogen) atoms. The van der Waals surface area contributed by atoms with E-state index in [0.29, 0.717) is 20.4 Å². The predicted molar refractivity (Wildman–Crippen MR) is 53.9 cm³/mol. The van der Waals surface area contributed by atoms with Gasteiger partial charge in [-0.15, -0.1) is 9.10 Å². The molecule has 2 nitrogen and oxygen atoms in total.